The van der Waals surface area contributed by atoms with Gasteiger partial charge in [0, 0.05) is 9.92 Å². The van der Waals surface area contributed by atoms with Gasteiger partial charge in [-0.1, -0.05) is 29.3 Å². The van der Waals surface area contributed by atoms with Crippen molar-refractivity contribution < 1.29 is 9.53 Å². The molecule has 5 heteroatoms. The van der Waals surface area contributed by atoms with Crippen molar-refractivity contribution in [2.45, 2.75) is 37.0 Å². The number of aryl methyl sites for hydroxylation is 1. The first-order valence-corrected chi connectivity index (χ1v) is 9.12. The molecule has 0 aromatic heterocycles. The summed E-state index contributed by atoms with van der Waals surface area (Å²) in [6, 6.07) is 15.3. The molecule has 0 spiro atoms. The second-order valence-electron chi connectivity index (χ2n) is 5.75. The summed E-state index contributed by atoms with van der Waals surface area (Å²) in [5.41, 5.74) is 1.19. The summed E-state index contributed by atoms with van der Waals surface area (Å²) in [5, 5.41) is 3.49. The van der Waals surface area contributed by atoms with Crippen LogP contribution in [0.1, 0.15) is 19.4 Å². The average molecular weight is 364 g/mol. The highest BCUT2D eigenvalue weighted by Crippen LogP contribution is 2.24. The average Bonchev–Trinajstić information content (AvgIpc) is 2.56. The van der Waals surface area contributed by atoms with Crippen LogP contribution < -0.4 is 10.1 Å². The molecule has 2 rings (SSSR count). The molecule has 0 radical (unpaired) electrons. The summed E-state index contributed by atoms with van der Waals surface area (Å²) >= 11 is 7.38. The number of benzene rings is 2. The molecular formula is C19H22ClNO2S. The van der Waals surface area contributed by atoms with E-state index in [4.69, 9.17) is 16.3 Å². The van der Waals surface area contributed by atoms with Gasteiger partial charge in [-0.2, -0.15) is 0 Å². The number of halogens is 1. The molecule has 1 N–H and O–H groups in total. The van der Waals surface area contributed by atoms with Crippen molar-refractivity contribution in [3.63, 3.8) is 0 Å². The third-order valence-electron chi connectivity index (χ3n) is 3.41. The number of amides is 1. The molecule has 0 aliphatic heterocycles. The lowest BCUT2D eigenvalue weighted by Crippen LogP contribution is -2.40. The number of hydrogen-bond donors (Lipinski definition) is 1. The number of thioether (sulfide) groups is 1. The summed E-state index contributed by atoms with van der Waals surface area (Å²) < 4.78 is 5.70. The van der Waals surface area contributed by atoms with Gasteiger partial charge in [-0.25, -0.2) is 0 Å². The zero-order valence-corrected chi connectivity index (χ0v) is 15.7. The number of rotatable bonds is 7. The van der Waals surface area contributed by atoms with Gasteiger partial charge in [-0.3, -0.25) is 4.79 Å². The van der Waals surface area contributed by atoms with Gasteiger partial charge in [-0.15, -0.1) is 11.8 Å². The largest absolute Gasteiger partial charge is 0.491 e. The van der Waals surface area contributed by atoms with Crippen molar-refractivity contribution in [2.75, 3.05) is 6.61 Å². The third-order valence-corrected chi connectivity index (χ3v) is 4.77. The Morgan fingerprint density at radius 3 is 2.38 bits per heavy atom. The quantitative estimate of drug-likeness (QED) is 0.724. The Kier molecular flexibility index (Phi) is 7.00. The van der Waals surface area contributed by atoms with Gasteiger partial charge in [0.15, 0.2) is 0 Å². The molecule has 2 atom stereocenters. The van der Waals surface area contributed by atoms with Gasteiger partial charge in [0.25, 0.3) is 0 Å². The van der Waals surface area contributed by atoms with Crippen molar-refractivity contribution >= 4 is 29.3 Å². The van der Waals surface area contributed by atoms with E-state index in [2.05, 4.69) is 5.32 Å². The summed E-state index contributed by atoms with van der Waals surface area (Å²) in [5.74, 6) is 0.806. The van der Waals surface area contributed by atoms with Crippen molar-refractivity contribution in [3.8, 4) is 5.75 Å². The maximum Gasteiger partial charge on any atom is 0.233 e. The van der Waals surface area contributed by atoms with Crippen LogP contribution >= 0.6 is 23.4 Å². The zero-order valence-electron chi connectivity index (χ0n) is 14.1. The smallest absolute Gasteiger partial charge is 0.233 e. The Morgan fingerprint density at radius 1 is 1.12 bits per heavy atom. The lowest BCUT2D eigenvalue weighted by molar-refractivity contribution is -0.121. The molecule has 0 aliphatic carbocycles. The summed E-state index contributed by atoms with van der Waals surface area (Å²) in [6.45, 7) is 6.30. The van der Waals surface area contributed by atoms with Gasteiger partial charge in [-0.05, 0) is 57.2 Å². The van der Waals surface area contributed by atoms with Crippen LogP contribution in [0.2, 0.25) is 5.02 Å². The van der Waals surface area contributed by atoms with Crippen molar-refractivity contribution in [1.29, 1.82) is 0 Å². The van der Waals surface area contributed by atoms with Crippen LogP contribution in [-0.2, 0) is 4.79 Å². The Hall–Kier alpha value is -1.65. The van der Waals surface area contributed by atoms with E-state index < -0.39 is 0 Å². The van der Waals surface area contributed by atoms with E-state index in [0.717, 1.165) is 10.6 Å². The van der Waals surface area contributed by atoms with Gasteiger partial charge in [0.05, 0.1) is 11.3 Å². The first-order valence-electron chi connectivity index (χ1n) is 7.86. The number of ether oxygens (including phenoxy) is 1. The minimum Gasteiger partial charge on any atom is -0.491 e. The zero-order chi connectivity index (χ0) is 17.5. The maximum absolute atomic E-state index is 12.3. The maximum atomic E-state index is 12.3. The predicted octanol–water partition coefficient (Wildman–Crippen LogP) is 4.71. The van der Waals surface area contributed by atoms with Crippen LogP contribution in [0.25, 0.3) is 0 Å². The summed E-state index contributed by atoms with van der Waals surface area (Å²) in [7, 11) is 0. The standard InChI is InChI=1S/C19H22ClNO2S/c1-13-4-8-17(9-5-13)23-12-14(2)21-19(22)15(3)24-18-10-6-16(20)7-11-18/h4-11,14-15H,12H2,1-3H3,(H,21,22)/t14-,15+/m1/s1. The normalized spacial score (nSPS) is 13.2. The third kappa shape index (κ3) is 6.10. The fourth-order valence-corrected chi connectivity index (χ4v) is 3.03. The molecule has 128 valence electrons. The van der Waals surface area contributed by atoms with Crippen molar-refractivity contribution in [3.05, 3.63) is 59.1 Å². The van der Waals surface area contributed by atoms with Crippen LogP contribution in [0.4, 0.5) is 0 Å². The van der Waals surface area contributed by atoms with Gasteiger partial charge < -0.3 is 10.1 Å². The van der Waals surface area contributed by atoms with Crippen LogP contribution in [-0.4, -0.2) is 23.8 Å². The van der Waals surface area contributed by atoms with E-state index in [9.17, 15) is 4.79 Å². The van der Waals surface area contributed by atoms with Gasteiger partial charge in [0.1, 0.15) is 12.4 Å². The van der Waals surface area contributed by atoms with Crippen LogP contribution in [0, 0.1) is 6.92 Å². The highest BCUT2D eigenvalue weighted by Gasteiger charge is 2.16. The molecule has 1 amide bonds. The minimum absolute atomic E-state index is 0.00467. The molecule has 2 aromatic carbocycles. The first kappa shape index (κ1) is 18.7. The SMILES string of the molecule is Cc1ccc(OC[C@@H](C)NC(=O)[C@H](C)Sc2ccc(Cl)cc2)cc1. The molecule has 0 bridgehead atoms. The molecule has 0 fully saturated rings. The fraction of sp³-hybridized carbons (Fsp3) is 0.316. The Balaban J connectivity index is 1.77. The van der Waals surface area contributed by atoms with E-state index in [-0.39, 0.29) is 17.2 Å². The van der Waals surface area contributed by atoms with Crippen LogP contribution in [0.3, 0.4) is 0 Å². The second kappa shape index (κ2) is 9.00. The van der Waals surface area contributed by atoms with Crippen LogP contribution in [0.15, 0.2) is 53.4 Å². The van der Waals surface area contributed by atoms with E-state index in [1.165, 1.54) is 17.3 Å². The summed E-state index contributed by atoms with van der Waals surface area (Å²) in [4.78, 5) is 13.3. The lowest BCUT2D eigenvalue weighted by Gasteiger charge is -2.18. The Bertz CT molecular complexity index is 658. The number of nitrogens with one attached hydrogen (secondary N) is 1. The Morgan fingerprint density at radius 2 is 1.75 bits per heavy atom. The molecule has 0 unspecified atom stereocenters. The molecule has 3 nitrogen and oxygen atoms in total. The lowest BCUT2D eigenvalue weighted by atomic mass is 10.2. The number of carbonyl (C=O) groups is 1. The number of carbonyl (C=O) groups excluding carboxylic acids is 1. The molecule has 0 saturated carbocycles. The van der Waals surface area contributed by atoms with E-state index in [1.807, 2.05) is 69.3 Å². The highest BCUT2D eigenvalue weighted by atomic mass is 35.5. The van der Waals surface area contributed by atoms with E-state index >= 15 is 0 Å². The highest BCUT2D eigenvalue weighted by molar-refractivity contribution is 8.00. The number of hydrogen-bond acceptors (Lipinski definition) is 3. The van der Waals surface area contributed by atoms with E-state index in [1.54, 1.807) is 0 Å². The second-order valence-corrected chi connectivity index (χ2v) is 7.60. The van der Waals surface area contributed by atoms with Crippen molar-refractivity contribution in [1.82, 2.24) is 5.32 Å². The van der Waals surface area contributed by atoms with Crippen LogP contribution in [0.5, 0.6) is 5.75 Å². The topological polar surface area (TPSA) is 38.3 Å². The summed E-state index contributed by atoms with van der Waals surface area (Å²) in [6.07, 6.45) is 0. The van der Waals surface area contributed by atoms with E-state index in [0.29, 0.717) is 11.6 Å². The molecule has 2 aromatic rings. The Labute approximate surface area is 152 Å². The molecular weight excluding hydrogens is 342 g/mol. The van der Waals surface area contributed by atoms with Crippen molar-refractivity contribution in [2.24, 2.45) is 0 Å². The molecule has 0 heterocycles. The first-order chi connectivity index (χ1) is 11.4. The van der Waals surface area contributed by atoms with Gasteiger partial charge in [0.2, 0.25) is 5.91 Å². The molecule has 24 heavy (non-hydrogen) atoms. The predicted molar refractivity (Wildman–Crippen MR) is 101 cm³/mol. The van der Waals surface area contributed by atoms with Gasteiger partial charge >= 0.3 is 0 Å². The monoisotopic (exact) mass is 363 g/mol. The fourth-order valence-electron chi connectivity index (χ4n) is 2.03. The molecule has 0 aliphatic rings. The molecule has 0 saturated heterocycles. The minimum atomic E-state index is -0.187.